The summed E-state index contributed by atoms with van der Waals surface area (Å²) in [6.07, 6.45) is 1.77. The van der Waals surface area contributed by atoms with Crippen LogP contribution in [-0.4, -0.2) is 43.7 Å². The lowest BCUT2D eigenvalue weighted by molar-refractivity contribution is -0.122. The number of halogens is 1. The number of carbonyl (C=O) groups excluding carboxylic acids is 2. The second-order valence-electron chi connectivity index (χ2n) is 7.15. The number of benzene rings is 2. The molecular weight excluding hydrogens is 426 g/mol. The molecule has 0 spiro atoms. The minimum Gasteiger partial charge on any atom is -0.350 e. The van der Waals surface area contributed by atoms with Crippen LogP contribution in [0.2, 0.25) is 5.02 Å². The third-order valence-corrected chi connectivity index (χ3v) is 7.19. The quantitative estimate of drug-likeness (QED) is 0.679. The first-order valence-electron chi connectivity index (χ1n) is 9.71. The smallest absolute Gasteiger partial charge is 0.253 e. The molecule has 1 aliphatic heterocycles. The van der Waals surface area contributed by atoms with Gasteiger partial charge in [0.1, 0.15) is 6.04 Å². The number of rotatable bonds is 7. The molecule has 0 bridgehead atoms. The number of nitrogens with one attached hydrogen (secondary N) is 2. The maximum atomic E-state index is 12.6. The van der Waals surface area contributed by atoms with Gasteiger partial charge in [-0.1, -0.05) is 35.9 Å². The number of hydrogen-bond acceptors (Lipinski definition) is 4. The summed E-state index contributed by atoms with van der Waals surface area (Å²) < 4.78 is 26.6. The summed E-state index contributed by atoms with van der Waals surface area (Å²) in [6.45, 7) is 2.90. The Labute approximate surface area is 181 Å². The van der Waals surface area contributed by atoms with Crippen LogP contribution in [0.15, 0.2) is 53.4 Å². The van der Waals surface area contributed by atoms with Crippen molar-refractivity contribution < 1.29 is 18.0 Å². The molecule has 0 saturated carbocycles. The molecule has 2 aromatic rings. The highest BCUT2D eigenvalue weighted by Gasteiger charge is 2.27. The van der Waals surface area contributed by atoms with Crippen molar-refractivity contribution in [2.45, 2.75) is 37.2 Å². The van der Waals surface area contributed by atoms with Gasteiger partial charge in [0.15, 0.2) is 0 Å². The summed E-state index contributed by atoms with van der Waals surface area (Å²) >= 11 is 6.00. The van der Waals surface area contributed by atoms with Crippen LogP contribution in [0.3, 0.4) is 0 Å². The Kier molecular flexibility index (Phi) is 7.12. The van der Waals surface area contributed by atoms with E-state index in [-0.39, 0.29) is 17.3 Å². The Morgan fingerprint density at radius 3 is 2.33 bits per heavy atom. The molecule has 7 nitrogen and oxygen atoms in total. The van der Waals surface area contributed by atoms with Gasteiger partial charge in [-0.2, -0.15) is 4.31 Å². The maximum Gasteiger partial charge on any atom is 0.253 e. The maximum absolute atomic E-state index is 12.6. The van der Waals surface area contributed by atoms with Gasteiger partial charge in [-0.15, -0.1) is 0 Å². The minimum absolute atomic E-state index is 0.217. The van der Waals surface area contributed by atoms with E-state index in [4.69, 9.17) is 11.6 Å². The molecule has 1 heterocycles. The molecule has 9 heteroatoms. The van der Waals surface area contributed by atoms with Crippen molar-refractivity contribution in [2.24, 2.45) is 0 Å². The molecule has 0 radical (unpaired) electrons. The molecule has 3 rings (SSSR count). The second-order valence-corrected chi connectivity index (χ2v) is 9.49. The van der Waals surface area contributed by atoms with Crippen LogP contribution < -0.4 is 10.6 Å². The van der Waals surface area contributed by atoms with E-state index in [1.54, 1.807) is 55.5 Å². The van der Waals surface area contributed by atoms with Gasteiger partial charge in [-0.25, -0.2) is 8.42 Å². The van der Waals surface area contributed by atoms with Gasteiger partial charge in [-0.3, -0.25) is 9.59 Å². The summed E-state index contributed by atoms with van der Waals surface area (Å²) in [6, 6.07) is 12.3. The fraction of sp³-hybridized carbons (Fsp3) is 0.333. The van der Waals surface area contributed by atoms with E-state index < -0.39 is 22.0 Å². The average Bonchev–Trinajstić information content (AvgIpc) is 3.28. The Bertz CT molecular complexity index is 1020. The molecule has 1 atom stereocenters. The Balaban J connectivity index is 1.54. The van der Waals surface area contributed by atoms with Gasteiger partial charge in [0.05, 0.1) is 15.5 Å². The van der Waals surface area contributed by atoms with Crippen molar-refractivity contribution in [3.63, 3.8) is 0 Å². The lowest BCUT2D eigenvalue weighted by atomic mass is 10.2. The fourth-order valence-corrected chi connectivity index (χ4v) is 4.92. The number of nitrogens with zero attached hydrogens (tertiary/aromatic N) is 1. The predicted molar refractivity (Wildman–Crippen MR) is 115 cm³/mol. The Morgan fingerprint density at radius 2 is 1.70 bits per heavy atom. The fourth-order valence-electron chi connectivity index (χ4n) is 3.18. The zero-order valence-electron chi connectivity index (χ0n) is 16.6. The first kappa shape index (κ1) is 22.3. The number of hydrogen-bond donors (Lipinski definition) is 2. The Hall–Kier alpha value is -2.42. The lowest BCUT2D eigenvalue weighted by Crippen LogP contribution is -2.44. The van der Waals surface area contributed by atoms with Crippen LogP contribution in [-0.2, 0) is 21.4 Å². The van der Waals surface area contributed by atoms with Crippen molar-refractivity contribution in [1.29, 1.82) is 0 Å². The molecule has 2 aromatic carbocycles. The van der Waals surface area contributed by atoms with Gasteiger partial charge in [0.2, 0.25) is 15.9 Å². The van der Waals surface area contributed by atoms with Crippen LogP contribution >= 0.6 is 11.6 Å². The van der Waals surface area contributed by atoms with Gasteiger partial charge in [-0.05, 0) is 49.6 Å². The van der Waals surface area contributed by atoms with Crippen molar-refractivity contribution in [1.82, 2.24) is 14.9 Å². The second kappa shape index (κ2) is 9.59. The molecule has 1 aliphatic rings. The van der Waals surface area contributed by atoms with Gasteiger partial charge in [0, 0.05) is 19.6 Å². The summed E-state index contributed by atoms with van der Waals surface area (Å²) in [7, 11) is -3.46. The predicted octanol–water partition coefficient (Wildman–Crippen LogP) is 2.56. The monoisotopic (exact) mass is 449 g/mol. The third-order valence-electron chi connectivity index (χ3n) is 4.95. The highest BCUT2D eigenvalue weighted by Crippen LogP contribution is 2.21. The van der Waals surface area contributed by atoms with Gasteiger partial charge >= 0.3 is 0 Å². The van der Waals surface area contributed by atoms with E-state index in [0.717, 1.165) is 18.4 Å². The summed E-state index contributed by atoms with van der Waals surface area (Å²) in [4.78, 5) is 24.8. The molecule has 0 aliphatic carbocycles. The largest absolute Gasteiger partial charge is 0.350 e. The van der Waals surface area contributed by atoms with Crippen molar-refractivity contribution in [3.05, 3.63) is 64.7 Å². The highest BCUT2D eigenvalue weighted by molar-refractivity contribution is 7.89. The van der Waals surface area contributed by atoms with Crippen LogP contribution in [0.25, 0.3) is 0 Å². The molecule has 2 N–H and O–H groups in total. The van der Waals surface area contributed by atoms with Crippen LogP contribution in [0, 0.1) is 0 Å². The van der Waals surface area contributed by atoms with Crippen LogP contribution in [0.4, 0.5) is 0 Å². The lowest BCUT2D eigenvalue weighted by Gasteiger charge is -2.16. The first-order valence-corrected chi connectivity index (χ1v) is 11.5. The van der Waals surface area contributed by atoms with E-state index in [2.05, 4.69) is 10.6 Å². The highest BCUT2D eigenvalue weighted by atomic mass is 35.5. The molecule has 1 fully saturated rings. The van der Waals surface area contributed by atoms with E-state index in [1.807, 2.05) is 0 Å². The van der Waals surface area contributed by atoms with E-state index in [1.165, 1.54) is 4.31 Å². The average molecular weight is 450 g/mol. The molecule has 2 amide bonds. The van der Waals surface area contributed by atoms with Crippen LogP contribution in [0.5, 0.6) is 0 Å². The standard InChI is InChI=1S/C21H24ClN3O4S/c1-15(24-21(27)18-6-2-3-7-19(18)22)20(26)23-14-16-8-10-17(11-9-16)30(28,29)25-12-4-5-13-25/h2-3,6-11,15H,4-5,12-14H2,1H3,(H,23,26)(H,24,27). The SMILES string of the molecule is CC(NC(=O)c1ccccc1Cl)C(=O)NCc1ccc(S(=O)(=O)N2CCCC2)cc1. The number of amides is 2. The molecule has 1 saturated heterocycles. The van der Waals surface area contributed by atoms with Crippen LogP contribution in [0.1, 0.15) is 35.7 Å². The summed E-state index contributed by atoms with van der Waals surface area (Å²) in [5.74, 6) is -0.788. The first-order chi connectivity index (χ1) is 14.3. The normalized spacial score (nSPS) is 15.5. The summed E-state index contributed by atoms with van der Waals surface area (Å²) in [5, 5.41) is 5.66. The topological polar surface area (TPSA) is 95.6 Å². The van der Waals surface area contributed by atoms with Gasteiger partial charge in [0.25, 0.3) is 5.91 Å². The number of carbonyl (C=O) groups is 2. The Morgan fingerprint density at radius 1 is 1.07 bits per heavy atom. The van der Waals surface area contributed by atoms with Crippen molar-refractivity contribution in [3.8, 4) is 0 Å². The molecule has 160 valence electrons. The van der Waals surface area contributed by atoms with Crippen molar-refractivity contribution in [2.75, 3.05) is 13.1 Å². The summed E-state index contributed by atoms with van der Waals surface area (Å²) in [5.41, 5.74) is 1.06. The zero-order chi connectivity index (χ0) is 21.7. The minimum atomic E-state index is -3.46. The van der Waals surface area contributed by atoms with E-state index in [0.29, 0.717) is 23.7 Å². The number of sulfonamides is 1. The molecule has 30 heavy (non-hydrogen) atoms. The third kappa shape index (κ3) is 5.19. The molecule has 0 aromatic heterocycles. The van der Waals surface area contributed by atoms with Crippen molar-refractivity contribution >= 4 is 33.4 Å². The molecule has 1 unspecified atom stereocenters. The molecular formula is C21H24ClN3O4S. The zero-order valence-corrected chi connectivity index (χ0v) is 18.2. The van der Waals surface area contributed by atoms with E-state index >= 15 is 0 Å². The van der Waals surface area contributed by atoms with Gasteiger partial charge < -0.3 is 10.6 Å². The van der Waals surface area contributed by atoms with E-state index in [9.17, 15) is 18.0 Å².